The van der Waals surface area contributed by atoms with Gasteiger partial charge in [-0.1, -0.05) is 0 Å². The third-order valence-corrected chi connectivity index (χ3v) is 6.71. The fraction of sp³-hybridized carbons (Fsp3) is 0.304. The molecule has 0 spiro atoms. The minimum Gasteiger partial charge on any atom is -0.147 e. The van der Waals surface area contributed by atoms with E-state index in [2.05, 4.69) is 80.9 Å². The van der Waals surface area contributed by atoms with Crippen molar-refractivity contribution in [2.24, 2.45) is 0 Å². The molecular weight excluding hydrogens is 409 g/mol. The molecule has 0 heterocycles. The van der Waals surface area contributed by atoms with Crippen molar-refractivity contribution in [2.75, 3.05) is 3.80 Å². The van der Waals surface area contributed by atoms with Crippen molar-refractivity contribution in [1.82, 2.24) is 0 Å². The second-order valence-corrected chi connectivity index (χ2v) is 8.60. The van der Waals surface area contributed by atoms with Crippen LogP contribution in [0.2, 0.25) is 0 Å². The molecule has 0 amide bonds. The molecule has 27 heavy (non-hydrogen) atoms. The summed E-state index contributed by atoms with van der Waals surface area (Å²) in [4.78, 5) is 0. The van der Waals surface area contributed by atoms with E-state index in [1.807, 2.05) is 0 Å². The predicted molar refractivity (Wildman–Crippen MR) is 120 cm³/mol. The van der Waals surface area contributed by atoms with Crippen LogP contribution in [-0.2, 0) is 24.1 Å². The molecule has 0 saturated carbocycles. The third-order valence-electron chi connectivity index (χ3n) is 5.17. The first-order valence-corrected chi connectivity index (χ1v) is 10.9. The fourth-order valence-electron chi connectivity index (χ4n) is 3.69. The summed E-state index contributed by atoms with van der Waals surface area (Å²) < 4.78 is 4.96. The molecule has 0 fully saturated rings. The van der Waals surface area contributed by atoms with E-state index in [0.29, 0.717) is 0 Å². The van der Waals surface area contributed by atoms with Gasteiger partial charge in [0.05, 0.1) is 0 Å². The summed E-state index contributed by atoms with van der Waals surface area (Å²) in [6.07, 6.45) is 3.44. The molecule has 3 rings (SSSR count). The SMILES string of the molecule is CC1=CCC(c2ccccc2[CH2][Ti][NH]c2c(C)cc(C)cc2C)=C1C.Cl.Cl. The van der Waals surface area contributed by atoms with E-state index < -0.39 is 0 Å². The second kappa shape index (κ2) is 10.5. The average molecular weight is 438 g/mol. The molecular formula is C23H29Cl2NTi. The first-order chi connectivity index (χ1) is 12.0. The van der Waals surface area contributed by atoms with Crippen molar-refractivity contribution < 1.29 is 19.4 Å². The van der Waals surface area contributed by atoms with Gasteiger partial charge in [-0.2, -0.15) is 0 Å². The van der Waals surface area contributed by atoms with Crippen LogP contribution in [0.3, 0.4) is 0 Å². The molecule has 0 unspecified atom stereocenters. The van der Waals surface area contributed by atoms with Gasteiger partial charge in [0.1, 0.15) is 0 Å². The number of benzene rings is 2. The summed E-state index contributed by atoms with van der Waals surface area (Å²) >= 11 is -0.271. The van der Waals surface area contributed by atoms with Crippen molar-refractivity contribution in [1.29, 1.82) is 0 Å². The molecule has 2 aromatic carbocycles. The van der Waals surface area contributed by atoms with E-state index in [-0.39, 0.29) is 44.2 Å². The number of allylic oxidation sites excluding steroid dienone is 4. The smallest absolute Gasteiger partial charge is 0.147 e. The van der Waals surface area contributed by atoms with Gasteiger partial charge in [-0.3, -0.25) is 0 Å². The maximum atomic E-state index is 3.79. The normalized spacial score (nSPS) is 12.9. The first kappa shape index (κ1) is 24.1. The van der Waals surface area contributed by atoms with E-state index in [1.54, 1.807) is 0 Å². The monoisotopic (exact) mass is 437 g/mol. The van der Waals surface area contributed by atoms with Crippen LogP contribution in [0.25, 0.3) is 5.57 Å². The summed E-state index contributed by atoms with van der Waals surface area (Å²) in [5.74, 6) is 0. The Morgan fingerprint density at radius 1 is 0.926 bits per heavy atom. The average Bonchev–Trinajstić information content (AvgIpc) is 2.90. The van der Waals surface area contributed by atoms with Crippen LogP contribution >= 0.6 is 24.8 Å². The Morgan fingerprint density at radius 2 is 1.56 bits per heavy atom. The predicted octanol–water partition coefficient (Wildman–Crippen LogP) is 7.19. The van der Waals surface area contributed by atoms with E-state index in [9.17, 15) is 0 Å². The number of hydrogen-bond acceptors (Lipinski definition) is 1. The summed E-state index contributed by atoms with van der Waals surface area (Å²) in [5, 5.41) is 0. The second-order valence-electron chi connectivity index (χ2n) is 7.10. The number of nitrogens with one attached hydrogen (secondary N) is 1. The summed E-state index contributed by atoms with van der Waals surface area (Å²) in [7, 11) is 0. The molecule has 0 atom stereocenters. The van der Waals surface area contributed by atoms with Crippen molar-refractivity contribution in [3.8, 4) is 0 Å². The van der Waals surface area contributed by atoms with Gasteiger partial charge in [0.15, 0.2) is 0 Å². The van der Waals surface area contributed by atoms with Crippen LogP contribution in [-0.4, -0.2) is 0 Å². The maximum Gasteiger partial charge on any atom is -0.147 e. The summed E-state index contributed by atoms with van der Waals surface area (Å²) in [6.45, 7) is 11.1. The molecule has 2 aromatic rings. The zero-order chi connectivity index (χ0) is 18.0. The van der Waals surface area contributed by atoms with Gasteiger partial charge in [-0.25, -0.2) is 0 Å². The zero-order valence-electron chi connectivity index (χ0n) is 16.8. The molecule has 144 valence electrons. The molecule has 0 aliphatic heterocycles. The standard InChI is InChI=1S/C14H15.C9H12N.2ClH.Ti/c1-10-8-9-14(12(10)3)13-7-5-4-6-11(13)2;1-6-4-7(2)9(10)8(3)5-6;;;/h4-8H,2,9H2,1,3H3;4-5,10H,1-3H3;2*1H;/q;-1;;;+1. The number of hydrogen-bond donors (Lipinski definition) is 1. The van der Waals surface area contributed by atoms with Crippen LogP contribution in [0.1, 0.15) is 48.1 Å². The number of halogens is 2. The Balaban J connectivity index is 0.00000182. The Bertz CT molecular complexity index is 845. The van der Waals surface area contributed by atoms with Gasteiger partial charge in [-0.05, 0) is 0 Å². The van der Waals surface area contributed by atoms with E-state index in [1.165, 1.54) is 54.9 Å². The number of rotatable bonds is 5. The quantitative estimate of drug-likeness (QED) is 0.488. The molecule has 1 aliphatic rings. The maximum absolute atomic E-state index is 3.79. The minimum absolute atomic E-state index is 0. The molecule has 0 bridgehead atoms. The molecule has 1 N–H and O–H groups in total. The van der Waals surface area contributed by atoms with Gasteiger partial charge >= 0.3 is 162 Å². The van der Waals surface area contributed by atoms with Crippen LogP contribution in [0.4, 0.5) is 5.69 Å². The van der Waals surface area contributed by atoms with Gasteiger partial charge in [0.2, 0.25) is 0 Å². The zero-order valence-corrected chi connectivity index (χ0v) is 20.0. The van der Waals surface area contributed by atoms with E-state index in [0.717, 1.165) is 6.42 Å². The van der Waals surface area contributed by atoms with Crippen molar-refractivity contribution in [3.05, 3.63) is 81.4 Å². The van der Waals surface area contributed by atoms with E-state index in [4.69, 9.17) is 0 Å². The Kier molecular flexibility index (Phi) is 9.38. The fourth-order valence-corrected chi connectivity index (χ4v) is 5.49. The Labute approximate surface area is 185 Å². The van der Waals surface area contributed by atoms with Crippen molar-refractivity contribution in [3.63, 3.8) is 0 Å². The van der Waals surface area contributed by atoms with Crippen LogP contribution in [0.15, 0.2) is 53.6 Å². The first-order valence-electron chi connectivity index (χ1n) is 8.99. The van der Waals surface area contributed by atoms with Crippen molar-refractivity contribution in [2.45, 2.75) is 45.8 Å². The Hall–Kier alpha value is -0.986. The summed E-state index contributed by atoms with van der Waals surface area (Å²) in [5.41, 5.74) is 12.8. The van der Waals surface area contributed by atoms with Crippen LogP contribution < -0.4 is 3.80 Å². The van der Waals surface area contributed by atoms with Crippen molar-refractivity contribution >= 4 is 36.1 Å². The van der Waals surface area contributed by atoms with E-state index >= 15 is 0 Å². The van der Waals surface area contributed by atoms with Crippen LogP contribution in [0.5, 0.6) is 0 Å². The van der Waals surface area contributed by atoms with Crippen LogP contribution in [0, 0.1) is 20.8 Å². The van der Waals surface area contributed by atoms with Gasteiger partial charge in [0, 0.05) is 0 Å². The number of anilines is 1. The largest absolute Gasteiger partial charge is 0.147 e. The minimum atomic E-state index is -0.271. The van der Waals surface area contributed by atoms with Gasteiger partial charge in [0.25, 0.3) is 0 Å². The van der Waals surface area contributed by atoms with Gasteiger partial charge < -0.3 is 0 Å². The number of aryl methyl sites for hydroxylation is 3. The summed E-state index contributed by atoms with van der Waals surface area (Å²) in [6, 6.07) is 13.5. The molecule has 0 aromatic heterocycles. The van der Waals surface area contributed by atoms with Gasteiger partial charge in [-0.15, -0.1) is 24.8 Å². The molecule has 4 heteroatoms. The Morgan fingerprint density at radius 3 is 2.15 bits per heavy atom. The molecule has 1 nitrogen and oxygen atoms in total. The third kappa shape index (κ3) is 5.51. The molecule has 1 aliphatic carbocycles. The topological polar surface area (TPSA) is 12.0 Å². The molecule has 0 saturated heterocycles. The molecule has 0 radical (unpaired) electrons.